The van der Waals surface area contributed by atoms with Crippen LogP contribution in [0.1, 0.15) is 49.1 Å². The standard InChI is InChI=1S/C17H24N2/c1-2-5-14-12-19-10-9-18-11-13-6-4-8-16(17(13)19)15(14)7-3-1/h4,6,8,14-15,18H,1-3,5,7,9-12H2/t14-,15-/m0/s1. The molecule has 2 aliphatic heterocycles. The lowest BCUT2D eigenvalue weighted by Crippen LogP contribution is -2.39. The summed E-state index contributed by atoms with van der Waals surface area (Å²) in [6.07, 6.45) is 7.19. The van der Waals surface area contributed by atoms with E-state index in [0.29, 0.717) is 0 Å². The van der Waals surface area contributed by atoms with Gasteiger partial charge in [-0.15, -0.1) is 0 Å². The number of nitrogens with one attached hydrogen (secondary N) is 1. The van der Waals surface area contributed by atoms with Gasteiger partial charge in [-0.2, -0.15) is 0 Å². The highest BCUT2D eigenvalue weighted by Gasteiger charge is 2.35. The number of nitrogens with zero attached hydrogens (tertiary/aromatic N) is 1. The topological polar surface area (TPSA) is 15.3 Å². The summed E-state index contributed by atoms with van der Waals surface area (Å²) in [5.74, 6) is 1.75. The predicted octanol–water partition coefficient (Wildman–Crippen LogP) is 3.27. The van der Waals surface area contributed by atoms with Gasteiger partial charge >= 0.3 is 0 Å². The molecule has 2 heteroatoms. The van der Waals surface area contributed by atoms with E-state index in [4.69, 9.17) is 0 Å². The summed E-state index contributed by atoms with van der Waals surface area (Å²) in [6.45, 7) is 4.67. The fourth-order valence-electron chi connectivity index (χ4n) is 4.47. The second kappa shape index (κ2) is 4.82. The van der Waals surface area contributed by atoms with Crippen LogP contribution < -0.4 is 10.2 Å². The van der Waals surface area contributed by atoms with E-state index >= 15 is 0 Å². The molecule has 0 aromatic heterocycles. The molecule has 3 aliphatic rings. The lowest BCUT2D eigenvalue weighted by atomic mass is 9.77. The fourth-order valence-corrected chi connectivity index (χ4v) is 4.47. The van der Waals surface area contributed by atoms with Gasteiger partial charge in [0.15, 0.2) is 0 Å². The molecule has 2 heterocycles. The third-order valence-electron chi connectivity index (χ3n) is 5.35. The maximum absolute atomic E-state index is 3.57. The second-order valence-electron chi connectivity index (χ2n) is 6.48. The summed E-state index contributed by atoms with van der Waals surface area (Å²) in [5, 5.41) is 3.57. The van der Waals surface area contributed by atoms with E-state index in [1.54, 1.807) is 11.3 Å². The molecule has 1 aromatic rings. The van der Waals surface area contributed by atoms with Crippen molar-refractivity contribution >= 4 is 5.69 Å². The molecule has 0 bridgehead atoms. The molecule has 0 unspecified atom stereocenters. The highest BCUT2D eigenvalue weighted by Crippen LogP contribution is 2.46. The first-order chi connectivity index (χ1) is 9.43. The van der Waals surface area contributed by atoms with Crippen LogP contribution in [-0.4, -0.2) is 19.6 Å². The smallest absolute Gasteiger partial charge is 0.0447 e. The number of anilines is 1. The maximum atomic E-state index is 3.57. The molecule has 19 heavy (non-hydrogen) atoms. The summed E-state index contributed by atoms with van der Waals surface area (Å²) in [4.78, 5) is 2.68. The van der Waals surface area contributed by atoms with Crippen molar-refractivity contribution in [2.45, 2.75) is 44.6 Å². The van der Waals surface area contributed by atoms with Gasteiger partial charge < -0.3 is 10.2 Å². The van der Waals surface area contributed by atoms with Crippen molar-refractivity contribution in [2.24, 2.45) is 5.92 Å². The van der Waals surface area contributed by atoms with Crippen LogP contribution in [0.25, 0.3) is 0 Å². The van der Waals surface area contributed by atoms with Gasteiger partial charge in [0.05, 0.1) is 0 Å². The minimum atomic E-state index is 0.840. The van der Waals surface area contributed by atoms with Crippen molar-refractivity contribution in [3.8, 4) is 0 Å². The number of rotatable bonds is 0. The molecule has 4 rings (SSSR count). The Hall–Kier alpha value is -1.02. The van der Waals surface area contributed by atoms with Crippen LogP contribution in [0.3, 0.4) is 0 Å². The predicted molar refractivity (Wildman–Crippen MR) is 79.7 cm³/mol. The molecule has 1 N–H and O–H groups in total. The van der Waals surface area contributed by atoms with Crippen molar-refractivity contribution in [3.63, 3.8) is 0 Å². The zero-order chi connectivity index (χ0) is 12.7. The molecular formula is C17H24N2. The van der Waals surface area contributed by atoms with E-state index < -0.39 is 0 Å². The third kappa shape index (κ3) is 1.97. The van der Waals surface area contributed by atoms with Gasteiger partial charge in [-0.3, -0.25) is 0 Å². The van der Waals surface area contributed by atoms with E-state index in [0.717, 1.165) is 24.9 Å². The Morgan fingerprint density at radius 1 is 1.11 bits per heavy atom. The molecule has 1 aromatic carbocycles. The Bertz CT molecular complexity index is 468. The normalized spacial score (nSPS) is 30.0. The average molecular weight is 256 g/mol. The Kier molecular flexibility index (Phi) is 2.99. The van der Waals surface area contributed by atoms with Crippen molar-refractivity contribution in [1.82, 2.24) is 5.32 Å². The van der Waals surface area contributed by atoms with Gasteiger partial charge in [0.2, 0.25) is 0 Å². The van der Waals surface area contributed by atoms with E-state index in [-0.39, 0.29) is 0 Å². The van der Waals surface area contributed by atoms with Crippen LogP contribution in [0.15, 0.2) is 18.2 Å². The van der Waals surface area contributed by atoms with Crippen molar-refractivity contribution < 1.29 is 0 Å². The Labute approximate surface area is 116 Å². The second-order valence-corrected chi connectivity index (χ2v) is 6.48. The van der Waals surface area contributed by atoms with E-state index in [2.05, 4.69) is 28.4 Å². The van der Waals surface area contributed by atoms with Gasteiger partial charge in [0.1, 0.15) is 0 Å². The zero-order valence-electron chi connectivity index (χ0n) is 11.7. The Morgan fingerprint density at radius 3 is 3.05 bits per heavy atom. The lowest BCUT2D eigenvalue weighted by Gasteiger charge is -2.41. The van der Waals surface area contributed by atoms with Crippen LogP contribution in [-0.2, 0) is 6.54 Å². The fraction of sp³-hybridized carbons (Fsp3) is 0.647. The van der Waals surface area contributed by atoms with Crippen LogP contribution in [0.5, 0.6) is 0 Å². The molecule has 1 fully saturated rings. The third-order valence-corrected chi connectivity index (χ3v) is 5.35. The molecule has 1 aliphatic carbocycles. The molecule has 2 nitrogen and oxygen atoms in total. The number of fused-ring (bicyclic) bond motifs is 2. The SMILES string of the molecule is c1cc2c3c(c1)[C@H]1CCCCC[C@H]1CN3CCNC2. The average Bonchev–Trinajstić information content (AvgIpc) is 2.79. The minimum Gasteiger partial charge on any atom is -0.369 e. The molecule has 0 amide bonds. The summed E-state index contributed by atoms with van der Waals surface area (Å²) < 4.78 is 0. The Balaban J connectivity index is 1.81. The quantitative estimate of drug-likeness (QED) is 0.766. The highest BCUT2D eigenvalue weighted by atomic mass is 15.2. The van der Waals surface area contributed by atoms with Gasteiger partial charge in [-0.05, 0) is 35.8 Å². The number of para-hydroxylation sites is 1. The van der Waals surface area contributed by atoms with Crippen molar-refractivity contribution in [3.05, 3.63) is 29.3 Å². The summed E-state index contributed by atoms with van der Waals surface area (Å²) in [7, 11) is 0. The molecule has 1 saturated carbocycles. The largest absolute Gasteiger partial charge is 0.369 e. The summed E-state index contributed by atoms with van der Waals surface area (Å²) >= 11 is 0. The van der Waals surface area contributed by atoms with Crippen LogP contribution in [0.2, 0.25) is 0 Å². The Morgan fingerprint density at radius 2 is 2.05 bits per heavy atom. The van der Waals surface area contributed by atoms with E-state index in [1.165, 1.54) is 50.8 Å². The van der Waals surface area contributed by atoms with Gasteiger partial charge in [-0.1, -0.05) is 37.5 Å². The molecule has 0 radical (unpaired) electrons. The molecule has 102 valence electrons. The van der Waals surface area contributed by atoms with Crippen molar-refractivity contribution in [1.29, 1.82) is 0 Å². The minimum absolute atomic E-state index is 0.840. The summed E-state index contributed by atoms with van der Waals surface area (Å²) in [6, 6.07) is 7.02. The van der Waals surface area contributed by atoms with Crippen LogP contribution >= 0.6 is 0 Å². The van der Waals surface area contributed by atoms with Crippen LogP contribution in [0, 0.1) is 5.92 Å². The number of hydrogen-bond acceptors (Lipinski definition) is 2. The first-order valence-electron chi connectivity index (χ1n) is 8.01. The summed E-state index contributed by atoms with van der Waals surface area (Å²) in [5.41, 5.74) is 4.78. The first kappa shape index (κ1) is 11.8. The van der Waals surface area contributed by atoms with Crippen LogP contribution in [0.4, 0.5) is 5.69 Å². The zero-order valence-corrected chi connectivity index (χ0v) is 11.7. The van der Waals surface area contributed by atoms with E-state index in [9.17, 15) is 0 Å². The molecule has 2 atom stereocenters. The van der Waals surface area contributed by atoms with Crippen molar-refractivity contribution in [2.75, 3.05) is 24.5 Å². The highest BCUT2D eigenvalue weighted by molar-refractivity contribution is 5.63. The lowest BCUT2D eigenvalue weighted by molar-refractivity contribution is 0.380. The number of benzene rings is 1. The maximum Gasteiger partial charge on any atom is 0.0447 e. The monoisotopic (exact) mass is 256 g/mol. The number of hydrogen-bond donors (Lipinski definition) is 1. The molecule has 0 spiro atoms. The molecular weight excluding hydrogens is 232 g/mol. The molecule has 0 saturated heterocycles. The first-order valence-corrected chi connectivity index (χ1v) is 8.01. The van der Waals surface area contributed by atoms with Gasteiger partial charge in [0.25, 0.3) is 0 Å². The van der Waals surface area contributed by atoms with E-state index in [1.807, 2.05) is 0 Å². The van der Waals surface area contributed by atoms with Gasteiger partial charge in [-0.25, -0.2) is 0 Å². The van der Waals surface area contributed by atoms with Gasteiger partial charge in [0, 0.05) is 31.9 Å².